The first-order chi connectivity index (χ1) is 7.50. The van der Waals surface area contributed by atoms with E-state index in [1.807, 2.05) is 0 Å². The van der Waals surface area contributed by atoms with Crippen molar-refractivity contribution >= 4 is 17.3 Å². The lowest BCUT2D eigenvalue weighted by Gasteiger charge is -2.06. The number of nitrogens with zero attached hydrogens (tertiary/aromatic N) is 1. The van der Waals surface area contributed by atoms with E-state index in [0.717, 1.165) is 5.56 Å². The van der Waals surface area contributed by atoms with Gasteiger partial charge in [-0.3, -0.25) is 14.9 Å². The molecule has 0 saturated heterocycles. The van der Waals surface area contributed by atoms with E-state index < -0.39 is 10.8 Å². The molecule has 1 aromatic rings. The first-order valence-electron chi connectivity index (χ1n) is 4.78. The third kappa shape index (κ3) is 3.23. The average molecular weight is 223 g/mol. The summed E-state index contributed by atoms with van der Waals surface area (Å²) in [5.41, 5.74) is 6.18. The summed E-state index contributed by atoms with van der Waals surface area (Å²) in [7, 11) is 0. The van der Waals surface area contributed by atoms with Gasteiger partial charge in [0, 0.05) is 19.0 Å². The Hall–Kier alpha value is -2.11. The molecule has 0 fully saturated rings. The minimum Gasteiger partial charge on any atom is -0.379 e. The molecule has 0 aliphatic rings. The van der Waals surface area contributed by atoms with E-state index in [1.54, 1.807) is 19.1 Å². The fourth-order valence-electron chi connectivity index (χ4n) is 1.26. The molecule has 6 nitrogen and oxygen atoms in total. The summed E-state index contributed by atoms with van der Waals surface area (Å²) in [6.45, 7) is 2.07. The zero-order valence-electron chi connectivity index (χ0n) is 8.90. The van der Waals surface area contributed by atoms with Crippen LogP contribution in [-0.4, -0.2) is 17.4 Å². The molecule has 0 bridgehead atoms. The summed E-state index contributed by atoms with van der Waals surface area (Å²) in [5, 5.41) is 13.6. The Balaban J connectivity index is 2.78. The van der Waals surface area contributed by atoms with Gasteiger partial charge in [0.05, 0.1) is 4.92 Å². The number of primary amides is 1. The van der Waals surface area contributed by atoms with Crippen molar-refractivity contribution in [2.45, 2.75) is 13.3 Å². The van der Waals surface area contributed by atoms with Crippen molar-refractivity contribution in [2.24, 2.45) is 5.73 Å². The Morgan fingerprint density at radius 2 is 2.25 bits per heavy atom. The summed E-state index contributed by atoms with van der Waals surface area (Å²) in [4.78, 5) is 20.8. The van der Waals surface area contributed by atoms with Gasteiger partial charge < -0.3 is 11.1 Å². The van der Waals surface area contributed by atoms with Gasteiger partial charge in [-0.25, -0.2) is 0 Å². The molecular weight excluding hydrogens is 210 g/mol. The van der Waals surface area contributed by atoms with Crippen molar-refractivity contribution in [3.63, 3.8) is 0 Å². The molecule has 0 aliphatic heterocycles. The predicted molar refractivity (Wildman–Crippen MR) is 60.1 cm³/mol. The monoisotopic (exact) mass is 223 g/mol. The molecule has 16 heavy (non-hydrogen) atoms. The van der Waals surface area contributed by atoms with Crippen molar-refractivity contribution in [3.05, 3.63) is 33.9 Å². The number of nitro benzene ring substituents is 1. The van der Waals surface area contributed by atoms with Gasteiger partial charge in [-0.05, 0) is 18.6 Å². The summed E-state index contributed by atoms with van der Waals surface area (Å²) in [6, 6.07) is 4.86. The van der Waals surface area contributed by atoms with E-state index in [-0.39, 0.29) is 12.1 Å². The zero-order valence-corrected chi connectivity index (χ0v) is 8.90. The van der Waals surface area contributed by atoms with Gasteiger partial charge in [0.1, 0.15) is 5.69 Å². The fraction of sp³-hybridized carbons (Fsp3) is 0.300. The molecular formula is C10H13N3O3. The first-order valence-corrected chi connectivity index (χ1v) is 4.78. The Morgan fingerprint density at radius 1 is 1.56 bits per heavy atom. The molecule has 0 atom stereocenters. The van der Waals surface area contributed by atoms with Crippen LogP contribution in [0.15, 0.2) is 18.2 Å². The molecule has 0 spiro atoms. The van der Waals surface area contributed by atoms with Crippen molar-refractivity contribution in [1.82, 2.24) is 0 Å². The van der Waals surface area contributed by atoms with E-state index in [4.69, 9.17) is 5.73 Å². The number of nitrogens with two attached hydrogens (primary N) is 1. The second-order valence-corrected chi connectivity index (χ2v) is 3.42. The lowest BCUT2D eigenvalue weighted by Crippen LogP contribution is -2.16. The molecule has 3 N–H and O–H groups in total. The van der Waals surface area contributed by atoms with Crippen LogP contribution in [0.25, 0.3) is 0 Å². The van der Waals surface area contributed by atoms with Crippen molar-refractivity contribution < 1.29 is 9.72 Å². The van der Waals surface area contributed by atoms with Gasteiger partial charge in [-0.2, -0.15) is 0 Å². The number of benzene rings is 1. The van der Waals surface area contributed by atoms with Gasteiger partial charge in [0.25, 0.3) is 5.69 Å². The maximum atomic E-state index is 10.7. The van der Waals surface area contributed by atoms with Crippen LogP contribution in [0.3, 0.4) is 0 Å². The molecule has 0 unspecified atom stereocenters. The minimum absolute atomic E-state index is 0.00414. The molecule has 1 aromatic carbocycles. The number of amides is 1. The fourth-order valence-corrected chi connectivity index (χ4v) is 1.26. The van der Waals surface area contributed by atoms with Crippen molar-refractivity contribution in [1.29, 1.82) is 0 Å². The van der Waals surface area contributed by atoms with Crippen LogP contribution in [0.4, 0.5) is 11.4 Å². The Morgan fingerprint density at radius 3 is 2.81 bits per heavy atom. The second kappa shape index (κ2) is 5.11. The van der Waals surface area contributed by atoms with Gasteiger partial charge in [-0.1, -0.05) is 6.07 Å². The third-order valence-corrected chi connectivity index (χ3v) is 2.04. The summed E-state index contributed by atoms with van der Waals surface area (Å²) in [6.07, 6.45) is 0.144. The highest BCUT2D eigenvalue weighted by Gasteiger charge is 2.12. The van der Waals surface area contributed by atoms with E-state index in [2.05, 4.69) is 5.32 Å². The van der Waals surface area contributed by atoms with E-state index >= 15 is 0 Å². The van der Waals surface area contributed by atoms with E-state index in [9.17, 15) is 14.9 Å². The Bertz CT molecular complexity index is 418. The molecule has 0 aliphatic carbocycles. The normalized spacial score (nSPS) is 9.81. The molecule has 0 aromatic heterocycles. The smallest absolute Gasteiger partial charge is 0.292 e. The van der Waals surface area contributed by atoms with E-state index in [0.29, 0.717) is 12.2 Å². The maximum absolute atomic E-state index is 10.7. The zero-order chi connectivity index (χ0) is 12.1. The highest BCUT2D eigenvalue weighted by molar-refractivity contribution is 5.74. The minimum atomic E-state index is -0.459. The molecule has 0 heterocycles. The molecule has 86 valence electrons. The van der Waals surface area contributed by atoms with Gasteiger partial charge in [0.2, 0.25) is 5.91 Å². The number of anilines is 1. The van der Waals surface area contributed by atoms with Gasteiger partial charge in [-0.15, -0.1) is 0 Å². The largest absolute Gasteiger partial charge is 0.379 e. The lowest BCUT2D eigenvalue weighted by atomic mass is 10.2. The Labute approximate surface area is 92.6 Å². The predicted octanol–water partition coefficient (Wildman–Crippen LogP) is 1.19. The number of carbonyl (C=O) groups is 1. The topological polar surface area (TPSA) is 98.3 Å². The lowest BCUT2D eigenvalue weighted by molar-refractivity contribution is -0.384. The quantitative estimate of drug-likeness (QED) is 0.578. The molecule has 1 amide bonds. The van der Waals surface area contributed by atoms with E-state index in [1.165, 1.54) is 6.07 Å². The SMILES string of the molecule is Cc1ccc(NCCC(N)=O)c([N+](=O)[O-])c1. The average Bonchev–Trinajstić information content (AvgIpc) is 2.19. The maximum Gasteiger partial charge on any atom is 0.292 e. The molecule has 0 saturated carbocycles. The summed E-state index contributed by atoms with van der Waals surface area (Å²) in [5.74, 6) is -0.442. The highest BCUT2D eigenvalue weighted by Crippen LogP contribution is 2.24. The number of carbonyl (C=O) groups excluding carboxylic acids is 1. The molecule has 0 radical (unpaired) electrons. The summed E-state index contributed by atoms with van der Waals surface area (Å²) >= 11 is 0. The van der Waals surface area contributed by atoms with Crippen LogP contribution in [0.5, 0.6) is 0 Å². The summed E-state index contributed by atoms with van der Waals surface area (Å²) < 4.78 is 0. The second-order valence-electron chi connectivity index (χ2n) is 3.42. The van der Waals surface area contributed by atoms with Crippen LogP contribution in [0, 0.1) is 17.0 Å². The number of rotatable bonds is 5. The van der Waals surface area contributed by atoms with Crippen LogP contribution in [0.1, 0.15) is 12.0 Å². The van der Waals surface area contributed by atoms with Gasteiger partial charge in [0.15, 0.2) is 0 Å². The van der Waals surface area contributed by atoms with Gasteiger partial charge >= 0.3 is 0 Å². The number of nitro groups is 1. The first kappa shape index (κ1) is 12.0. The van der Waals surface area contributed by atoms with Crippen molar-refractivity contribution in [3.8, 4) is 0 Å². The van der Waals surface area contributed by atoms with Crippen molar-refractivity contribution in [2.75, 3.05) is 11.9 Å². The van der Waals surface area contributed by atoms with Crippen LogP contribution >= 0.6 is 0 Å². The standard InChI is InChI=1S/C10H13N3O3/c1-7-2-3-8(9(6-7)13(15)16)12-5-4-10(11)14/h2-3,6,12H,4-5H2,1H3,(H2,11,14). The Kier molecular flexibility index (Phi) is 3.82. The highest BCUT2D eigenvalue weighted by atomic mass is 16.6. The van der Waals surface area contributed by atoms with Crippen LogP contribution in [0.2, 0.25) is 0 Å². The number of hydrogen-bond acceptors (Lipinski definition) is 4. The molecule has 1 rings (SSSR count). The van der Waals surface area contributed by atoms with Crippen LogP contribution < -0.4 is 11.1 Å². The third-order valence-electron chi connectivity index (χ3n) is 2.04. The molecule has 6 heteroatoms. The van der Waals surface area contributed by atoms with Crippen LogP contribution in [-0.2, 0) is 4.79 Å². The number of aryl methyl sites for hydroxylation is 1. The number of nitrogens with one attached hydrogen (secondary N) is 1. The number of hydrogen-bond donors (Lipinski definition) is 2.